The molecular weight excluding hydrogens is 314 g/mol. The van der Waals surface area contributed by atoms with Gasteiger partial charge in [-0.3, -0.25) is 0 Å². The number of benzene rings is 1. The van der Waals surface area contributed by atoms with Crippen molar-refractivity contribution in [1.82, 2.24) is 0 Å². The third-order valence-electron chi connectivity index (χ3n) is 4.59. The van der Waals surface area contributed by atoms with Gasteiger partial charge in [0.25, 0.3) is 0 Å². The quantitative estimate of drug-likeness (QED) is 0.463. The molecule has 0 bridgehead atoms. The number of ether oxygens (including phenoxy) is 2. The number of aliphatic hydroxyl groups excluding tert-OH is 4. The number of hydrogen-bond acceptors (Lipinski definition) is 7. The largest absolute Gasteiger partial charge is 0.394 e. The Bertz CT molecular complexity index is 502. The summed E-state index contributed by atoms with van der Waals surface area (Å²) in [5, 5.41) is 38.0. The van der Waals surface area contributed by atoms with Crippen LogP contribution in [-0.4, -0.2) is 58.1 Å². The predicted octanol–water partition coefficient (Wildman–Crippen LogP) is -0.240. The van der Waals surface area contributed by atoms with Gasteiger partial charge in [0, 0.05) is 11.1 Å². The Kier molecular flexibility index (Phi) is 6.33. The highest BCUT2D eigenvalue weighted by molar-refractivity contribution is 5.28. The molecule has 0 radical (unpaired) electrons. The summed E-state index contributed by atoms with van der Waals surface area (Å²) in [7, 11) is 0. The van der Waals surface area contributed by atoms with Crippen LogP contribution in [0.5, 0.6) is 0 Å². The van der Waals surface area contributed by atoms with E-state index < -0.39 is 49.5 Å². The van der Waals surface area contributed by atoms with E-state index >= 15 is 0 Å². The normalized spacial score (nSPS) is 29.2. The van der Waals surface area contributed by atoms with E-state index in [2.05, 4.69) is 0 Å². The van der Waals surface area contributed by atoms with Gasteiger partial charge < -0.3 is 35.6 Å². The lowest BCUT2D eigenvalue weighted by atomic mass is 9.90. The van der Waals surface area contributed by atoms with Gasteiger partial charge in [-0.15, -0.1) is 0 Å². The fourth-order valence-electron chi connectivity index (χ4n) is 2.68. The van der Waals surface area contributed by atoms with E-state index in [0.717, 1.165) is 12.0 Å². The minimum absolute atomic E-state index is 0.429. The molecule has 7 nitrogen and oxygen atoms in total. The second-order valence-corrected chi connectivity index (χ2v) is 6.43. The molecule has 1 saturated heterocycles. The van der Waals surface area contributed by atoms with Crippen molar-refractivity contribution >= 4 is 0 Å². The smallest absolute Gasteiger partial charge is 0.184 e. The lowest BCUT2D eigenvalue weighted by Crippen LogP contribution is -2.45. The molecule has 2 rings (SSSR count). The molecule has 5 atom stereocenters. The van der Waals surface area contributed by atoms with Gasteiger partial charge in [-0.25, -0.2) is 0 Å². The second kappa shape index (κ2) is 7.88. The summed E-state index contributed by atoms with van der Waals surface area (Å²) in [6.45, 7) is 2.90. The molecule has 136 valence electrons. The number of hydrogen-bond donors (Lipinski definition) is 5. The molecule has 6 N–H and O–H groups in total. The highest BCUT2D eigenvalue weighted by atomic mass is 16.7. The van der Waals surface area contributed by atoms with Crippen LogP contribution in [-0.2, 0) is 15.0 Å². The van der Waals surface area contributed by atoms with Crippen LogP contribution in [0.3, 0.4) is 0 Å². The zero-order chi connectivity index (χ0) is 17.9. The van der Waals surface area contributed by atoms with Gasteiger partial charge in [0.05, 0.1) is 13.2 Å². The first-order valence-electron chi connectivity index (χ1n) is 8.12. The summed E-state index contributed by atoms with van der Waals surface area (Å²) in [4.78, 5) is 0. The van der Waals surface area contributed by atoms with E-state index in [1.165, 1.54) is 0 Å². The zero-order valence-corrected chi connectivity index (χ0v) is 14.0. The SMILES string of the molecule is CCC(C)(N)c1ccc(C2OC(C(O)CO)C(C(O)CO)O2)cc1. The van der Waals surface area contributed by atoms with Crippen molar-refractivity contribution in [3.05, 3.63) is 35.4 Å². The van der Waals surface area contributed by atoms with Crippen LogP contribution in [0, 0.1) is 0 Å². The Morgan fingerprint density at radius 1 is 1.04 bits per heavy atom. The van der Waals surface area contributed by atoms with Gasteiger partial charge in [0.1, 0.15) is 24.4 Å². The minimum atomic E-state index is -1.21. The third-order valence-corrected chi connectivity index (χ3v) is 4.59. The van der Waals surface area contributed by atoms with Crippen LogP contribution in [0.15, 0.2) is 24.3 Å². The number of aliphatic hydroxyl groups is 4. The van der Waals surface area contributed by atoms with E-state index in [4.69, 9.17) is 25.4 Å². The number of nitrogens with two attached hydrogens (primary N) is 1. The molecule has 1 aromatic carbocycles. The molecule has 1 heterocycles. The molecular formula is C17H27NO6. The Hall–Kier alpha value is -1.06. The molecule has 5 unspecified atom stereocenters. The molecule has 0 amide bonds. The van der Waals surface area contributed by atoms with Crippen molar-refractivity contribution in [2.24, 2.45) is 5.73 Å². The standard InChI is InChI=1S/C17H27NO6/c1-3-17(2,18)11-6-4-10(5-7-11)16-23-14(12(21)8-19)15(24-16)13(22)9-20/h4-7,12-16,19-22H,3,8-9,18H2,1-2H3. The molecule has 1 aliphatic heterocycles. The topological polar surface area (TPSA) is 125 Å². The highest BCUT2D eigenvalue weighted by Crippen LogP contribution is 2.35. The first-order chi connectivity index (χ1) is 11.3. The second-order valence-electron chi connectivity index (χ2n) is 6.43. The molecule has 7 heteroatoms. The molecule has 0 spiro atoms. The fraction of sp³-hybridized carbons (Fsp3) is 0.647. The number of rotatable bonds is 7. The Morgan fingerprint density at radius 2 is 1.50 bits per heavy atom. The average molecular weight is 341 g/mol. The first kappa shape index (κ1) is 19.3. The maximum atomic E-state index is 9.86. The van der Waals surface area contributed by atoms with Gasteiger partial charge >= 0.3 is 0 Å². The third kappa shape index (κ3) is 3.94. The molecule has 24 heavy (non-hydrogen) atoms. The van der Waals surface area contributed by atoms with Crippen LogP contribution in [0.4, 0.5) is 0 Å². The summed E-state index contributed by atoms with van der Waals surface area (Å²) in [5.41, 5.74) is 7.47. The summed E-state index contributed by atoms with van der Waals surface area (Å²) in [6.07, 6.45) is -4.31. The molecule has 1 fully saturated rings. The van der Waals surface area contributed by atoms with Crippen LogP contribution in [0.1, 0.15) is 37.7 Å². The van der Waals surface area contributed by atoms with E-state index in [1.54, 1.807) is 0 Å². The van der Waals surface area contributed by atoms with Crippen molar-refractivity contribution < 1.29 is 29.9 Å². The van der Waals surface area contributed by atoms with Gasteiger partial charge in [-0.1, -0.05) is 31.2 Å². The molecule has 1 aliphatic rings. The first-order valence-corrected chi connectivity index (χ1v) is 8.12. The Balaban J connectivity index is 2.17. The van der Waals surface area contributed by atoms with Gasteiger partial charge in [0.15, 0.2) is 6.29 Å². The average Bonchev–Trinajstić information content (AvgIpc) is 3.05. The maximum absolute atomic E-state index is 9.86. The van der Waals surface area contributed by atoms with Crippen molar-refractivity contribution in [2.45, 2.75) is 56.5 Å². The van der Waals surface area contributed by atoms with E-state index in [9.17, 15) is 10.2 Å². The monoisotopic (exact) mass is 341 g/mol. The minimum Gasteiger partial charge on any atom is -0.394 e. The van der Waals surface area contributed by atoms with Crippen molar-refractivity contribution in [3.63, 3.8) is 0 Å². The predicted molar refractivity (Wildman–Crippen MR) is 86.9 cm³/mol. The zero-order valence-electron chi connectivity index (χ0n) is 14.0. The Labute approximate surface area is 141 Å². The van der Waals surface area contributed by atoms with Gasteiger partial charge in [-0.2, -0.15) is 0 Å². The lowest BCUT2D eigenvalue weighted by molar-refractivity contribution is -0.0958. The van der Waals surface area contributed by atoms with Gasteiger partial charge in [-0.05, 0) is 18.9 Å². The van der Waals surface area contributed by atoms with Crippen molar-refractivity contribution in [1.29, 1.82) is 0 Å². The van der Waals surface area contributed by atoms with Crippen molar-refractivity contribution in [3.8, 4) is 0 Å². The molecule has 0 aromatic heterocycles. The summed E-state index contributed by atoms with van der Waals surface area (Å²) >= 11 is 0. The Morgan fingerprint density at radius 3 is 1.88 bits per heavy atom. The van der Waals surface area contributed by atoms with Crippen LogP contribution in [0.25, 0.3) is 0 Å². The van der Waals surface area contributed by atoms with Crippen LogP contribution >= 0.6 is 0 Å². The maximum Gasteiger partial charge on any atom is 0.184 e. The summed E-state index contributed by atoms with van der Waals surface area (Å²) in [6, 6.07) is 7.41. The van der Waals surface area contributed by atoms with Crippen LogP contribution < -0.4 is 5.73 Å². The van der Waals surface area contributed by atoms with Gasteiger partial charge in [0.2, 0.25) is 0 Å². The van der Waals surface area contributed by atoms with E-state index in [-0.39, 0.29) is 0 Å². The lowest BCUT2D eigenvalue weighted by Gasteiger charge is -2.24. The summed E-state index contributed by atoms with van der Waals surface area (Å²) < 4.78 is 11.3. The van der Waals surface area contributed by atoms with E-state index in [1.807, 2.05) is 38.1 Å². The van der Waals surface area contributed by atoms with E-state index in [0.29, 0.717) is 5.56 Å². The van der Waals surface area contributed by atoms with Crippen molar-refractivity contribution in [2.75, 3.05) is 13.2 Å². The van der Waals surface area contributed by atoms with Crippen LogP contribution in [0.2, 0.25) is 0 Å². The fourth-order valence-corrected chi connectivity index (χ4v) is 2.68. The molecule has 0 saturated carbocycles. The summed E-state index contributed by atoms with van der Waals surface area (Å²) in [5.74, 6) is 0. The molecule has 1 aromatic rings. The molecule has 0 aliphatic carbocycles. The highest BCUT2D eigenvalue weighted by Gasteiger charge is 2.44.